The van der Waals surface area contributed by atoms with Crippen LogP contribution in [0.1, 0.15) is 25.3 Å². The van der Waals surface area contributed by atoms with Gasteiger partial charge in [-0.15, -0.1) is 0 Å². The van der Waals surface area contributed by atoms with Gasteiger partial charge in [0.1, 0.15) is 0 Å². The molecule has 1 amide bonds. The number of carbonyl (C=O) groups excluding carboxylic acids is 1. The third kappa shape index (κ3) is 5.10. The molecule has 17 heavy (non-hydrogen) atoms. The summed E-state index contributed by atoms with van der Waals surface area (Å²) in [4.78, 5) is 25.9. The van der Waals surface area contributed by atoms with Crippen LogP contribution in [-0.4, -0.2) is 22.0 Å². The van der Waals surface area contributed by atoms with Crippen LogP contribution < -0.4 is 5.32 Å². The Bertz CT molecular complexity index is 379. The summed E-state index contributed by atoms with van der Waals surface area (Å²) >= 11 is 0. The van der Waals surface area contributed by atoms with Gasteiger partial charge >= 0.3 is 5.97 Å². The molecular formula is C12H16N2O3. The van der Waals surface area contributed by atoms with Crippen molar-refractivity contribution in [3.8, 4) is 0 Å². The van der Waals surface area contributed by atoms with Crippen LogP contribution in [-0.2, 0) is 16.1 Å². The molecule has 0 aromatic carbocycles. The van der Waals surface area contributed by atoms with E-state index in [0.29, 0.717) is 13.0 Å². The first kappa shape index (κ1) is 13.2. The Morgan fingerprint density at radius 3 is 2.88 bits per heavy atom. The Labute approximate surface area is 99.9 Å². The van der Waals surface area contributed by atoms with Crippen LogP contribution in [0.25, 0.3) is 0 Å². The van der Waals surface area contributed by atoms with Crippen LogP contribution >= 0.6 is 0 Å². The zero-order chi connectivity index (χ0) is 12.7. The summed E-state index contributed by atoms with van der Waals surface area (Å²) in [6.07, 6.45) is 3.72. The van der Waals surface area contributed by atoms with Crippen molar-refractivity contribution in [2.24, 2.45) is 5.92 Å². The van der Waals surface area contributed by atoms with Crippen LogP contribution in [0.2, 0.25) is 0 Å². The highest BCUT2D eigenvalue weighted by molar-refractivity contribution is 5.78. The molecule has 5 heteroatoms. The van der Waals surface area contributed by atoms with Crippen LogP contribution in [0.5, 0.6) is 0 Å². The Morgan fingerprint density at radius 2 is 2.29 bits per heavy atom. The molecule has 0 saturated carbocycles. The molecule has 1 heterocycles. The minimum atomic E-state index is -0.878. The second-order valence-electron chi connectivity index (χ2n) is 3.91. The lowest BCUT2D eigenvalue weighted by atomic mass is 10.0. The SMILES string of the molecule is CC(CCC(=O)O)C(=O)NCc1cccnc1. The molecule has 2 N–H and O–H groups in total. The minimum absolute atomic E-state index is 0.0154. The monoisotopic (exact) mass is 236 g/mol. The van der Waals surface area contributed by atoms with E-state index >= 15 is 0 Å². The van der Waals surface area contributed by atoms with Crippen molar-refractivity contribution in [1.29, 1.82) is 0 Å². The van der Waals surface area contributed by atoms with Crippen molar-refractivity contribution in [1.82, 2.24) is 10.3 Å². The van der Waals surface area contributed by atoms with Crippen molar-refractivity contribution in [2.45, 2.75) is 26.3 Å². The molecule has 0 aliphatic carbocycles. The average molecular weight is 236 g/mol. The Balaban J connectivity index is 2.32. The number of nitrogens with one attached hydrogen (secondary N) is 1. The molecule has 1 aromatic heterocycles. The highest BCUT2D eigenvalue weighted by Gasteiger charge is 2.13. The summed E-state index contributed by atoms with van der Waals surface area (Å²) in [5.74, 6) is -1.30. The third-order valence-electron chi connectivity index (χ3n) is 2.43. The molecule has 1 unspecified atom stereocenters. The van der Waals surface area contributed by atoms with E-state index in [4.69, 9.17) is 5.11 Å². The largest absolute Gasteiger partial charge is 0.481 e. The molecule has 0 spiro atoms. The lowest BCUT2D eigenvalue weighted by molar-refractivity contribution is -0.137. The summed E-state index contributed by atoms with van der Waals surface area (Å²) in [7, 11) is 0. The van der Waals surface area contributed by atoms with E-state index in [1.165, 1.54) is 0 Å². The minimum Gasteiger partial charge on any atom is -0.481 e. The number of aliphatic carboxylic acids is 1. The highest BCUT2D eigenvalue weighted by Crippen LogP contribution is 2.06. The molecule has 0 saturated heterocycles. The zero-order valence-electron chi connectivity index (χ0n) is 9.72. The molecular weight excluding hydrogens is 220 g/mol. The second-order valence-corrected chi connectivity index (χ2v) is 3.91. The summed E-state index contributed by atoms with van der Waals surface area (Å²) in [5.41, 5.74) is 0.922. The lowest BCUT2D eigenvalue weighted by Gasteiger charge is -2.10. The van der Waals surface area contributed by atoms with Crippen molar-refractivity contribution in [2.75, 3.05) is 0 Å². The first-order chi connectivity index (χ1) is 8.09. The van der Waals surface area contributed by atoms with E-state index in [1.807, 2.05) is 6.07 Å². The predicted octanol–water partition coefficient (Wildman–Crippen LogP) is 1.20. The number of nitrogens with zero attached hydrogens (tertiary/aromatic N) is 1. The summed E-state index contributed by atoms with van der Waals surface area (Å²) in [5, 5.41) is 11.3. The lowest BCUT2D eigenvalue weighted by Crippen LogP contribution is -2.29. The van der Waals surface area contributed by atoms with Crippen molar-refractivity contribution >= 4 is 11.9 Å². The van der Waals surface area contributed by atoms with E-state index < -0.39 is 5.97 Å². The van der Waals surface area contributed by atoms with E-state index in [9.17, 15) is 9.59 Å². The second kappa shape index (κ2) is 6.62. The van der Waals surface area contributed by atoms with Gasteiger partial charge in [0.2, 0.25) is 5.91 Å². The fourth-order valence-corrected chi connectivity index (χ4v) is 1.34. The summed E-state index contributed by atoms with van der Waals surface area (Å²) in [6, 6.07) is 3.67. The Hall–Kier alpha value is -1.91. The number of pyridine rings is 1. The van der Waals surface area contributed by atoms with Gasteiger partial charge in [-0.3, -0.25) is 14.6 Å². The quantitative estimate of drug-likeness (QED) is 0.777. The first-order valence-electron chi connectivity index (χ1n) is 5.48. The molecule has 0 bridgehead atoms. The Morgan fingerprint density at radius 1 is 1.53 bits per heavy atom. The standard InChI is InChI=1S/C12H16N2O3/c1-9(4-5-11(15)16)12(17)14-8-10-3-2-6-13-7-10/h2-3,6-7,9H,4-5,8H2,1H3,(H,14,17)(H,15,16). The maximum Gasteiger partial charge on any atom is 0.303 e. The molecule has 5 nitrogen and oxygen atoms in total. The molecule has 1 aromatic rings. The van der Waals surface area contributed by atoms with E-state index in [0.717, 1.165) is 5.56 Å². The Kier molecular flexibility index (Phi) is 5.13. The summed E-state index contributed by atoms with van der Waals surface area (Å²) in [6.45, 7) is 2.14. The van der Waals surface area contributed by atoms with Crippen LogP contribution in [0.3, 0.4) is 0 Å². The molecule has 0 aliphatic heterocycles. The van der Waals surface area contributed by atoms with Crippen LogP contribution in [0.4, 0.5) is 0 Å². The van der Waals surface area contributed by atoms with Crippen LogP contribution in [0.15, 0.2) is 24.5 Å². The normalized spacial score (nSPS) is 11.8. The predicted molar refractivity (Wildman–Crippen MR) is 62.1 cm³/mol. The van der Waals surface area contributed by atoms with Crippen molar-refractivity contribution in [3.63, 3.8) is 0 Å². The molecule has 1 atom stereocenters. The fourth-order valence-electron chi connectivity index (χ4n) is 1.34. The third-order valence-corrected chi connectivity index (χ3v) is 2.43. The fraction of sp³-hybridized carbons (Fsp3) is 0.417. The van der Waals surface area contributed by atoms with Crippen LogP contribution in [0, 0.1) is 5.92 Å². The van der Waals surface area contributed by atoms with Gasteiger partial charge in [0.15, 0.2) is 0 Å². The number of hydrogen-bond donors (Lipinski definition) is 2. The topological polar surface area (TPSA) is 79.3 Å². The average Bonchev–Trinajstić information content (AvgIpc) is 2.34. The molecule has 0 fully saturated rings. The zero-order valence-corrected chi connectivity index (χ0v) is 9.72. The molecule has 1 rings (SSSR count). The van der Waals surface area contributed by atoms with E-state index in [-0.39, 0.29) is 18.2 Å². The van der Waals surface area contributed by atoms with Crippen molar-refractivity contribution < 1.29 is 14.7 Å². The number of carboxylic acid groups (broad SMARTS) is 1. The van der Waals surface area contributed by atoms with E-state index in [2.05, 4.69) is 10.3 Å². The smallest absolute Gasteiger partial charge is 0.303 e. The number of aromatic nitrogens is 1. The van der Waals surface area contributed by atoms with Gasteiger partial charge in [-0.2, -0.15) is 0 Å². The highest BCUT2D eigenvalue weighted by atomic mass is 16.4. The van der Waals surface area contributed by atoms with Gasteiger partial charge < -0.3 is 10.4 Å². The van der Waals surface area contributed by atoms with Crippen molar-refractivity contribution in [3.05, 3.63) is 30.1 Å². The van der Waals surface area contributed by atoms with E-state index in [1.54, 1.807) is 25.4 Å². The maximum atomic E-state index is 11.6. The summed E-state index contributed by atoms with van der Waals surface area (Å²) < 4.78 is 0. The van der Waals surface area contributed by atoms with Gasteiger partial charge in [0, 0.05) is 31.3 Å². The number of hydrogen-bond acceptors (Lipinski definition) is 3. The van der Waals surface area contributed by atoms with Gasteiger partial charge in [-0.1, -0.05) is 13.0 Å². The van der Waals surface area contributed by atoms with Gasteiger partial charge in [-0.05, 0) is 18.1 Å². The van der Waals surface area contributed by atoms with Gasteiger partial charge in [-0.25, -0.2) is 0 Å². The maximum absolute atomic E-state index is 11.6. The van der Waals surface area contributed by atoms with Gasteiger partial charge in [0.05, 0.1) is 0 Å². The molecule has 92 valence electrons. The first-order valence-corrected chi connectivity index (χ1v) is 5.48. The molecule has 0 aliphatic rings. The number of carboxylic acids is 1. The number of carbonyl (C=O) groups is 2. The van der Waals surface area contributed by atoms with Gasteiger partial charge in [0.25, 0.3) is 0 Å². The molecule has 0 radical (unpaired) electrons. The number of rotatable bonds is 6. The number of amides is 1.